The van der Waals surface area contributed by atoms with E-state index >= 15 is 0 Å². The number of nitrogens with one attached hydrogen (secondary N) is 1. The Morgan fingerprint density at radius 2 is 1.81 bits per heavy atom. The molecule has 0 aliphatic heterocycles. The van der Waals surface area contributed by atoms with Crippen molar-refractivity contribution < 1.29 is 18.3 Å². The van der Waals surface area contributed by atoms with Crippen molar-refractivity contribution in [2.24, 2.45) is 5.73 Å². The van der Waals surface area contributed by atoms with E-state index in [2.05, 4.69) is 4.72 Å². The van der Waals surface area contributed by atoms with Crippen LogP contribution in [-0.4, -0.2) is 31.6 Å². The summed E-state index contributed by atoms with van der Waals surface area (Å²) in [6.45, 7) is 1.29. The minimum atomic E-state index is -3.95. The largest absolute Gasteiger partial charge is 0.391 e. The lowest BCUT2D eigenvalue weighted by molar-refractivity contribution is -0.121. The molecule has 0 bridgehead atoms. The maximum atomic E-state index is 12.3. The van der Waals surface area contributed by atoms with Crippen molar-refractivity contribution in [1.29, 1.82) is 0 Å². The average Bonchev–Trinajstić information content (AvgIpc) is 2.43. The molecule has 4 N–H and O–H groups in total. The zero-order valence-electron chi connectivity index (χ0n) is 11.4. The summed E-state index contributed by atoms with van der Waals surface area (Å²) in [5.74, 6) is -0.936. The summed E-state index contributed by atoms with van der Waals surface area (Å²) in [6, 6.07) is 10.5. The quantitative estimate of drug-likeness (QED) is 0.740. The van der Waals surface area contributed by atoms with Gasteiger partial charge in [0.25, 0.3) is 0 Å². The number of sulfonamides is 1. The van der Waals surface area contributed by atoms with Gasteiger partial charge in [-0.25, -0.2) is 8.42 Å². The van der Waals surface area contributed by atoms with Crippen LogP contribution in [0.2, 0.25) is 0 Å². The second kappa shape index (κ2) is 5.80. The van der Waals surface area contributed by atoms with Gasteiger partial charge in [0.05, 0.1) is 11.0 Å². The number of nitrogens with two attached hydrogens (primary N) is 1. The van der Waals surface area contributed by atoms with Crippen LogP contribution >= 0.6 is 0 Å². The molecule has 2 aromatic rings. The van der Waals surface area contributed by atoms with Crippen LogP contribution in [0.25, 0.3) is 10.8 Å². The van der Waals surface area contributed by atoms with E-state index in [1.54, 1.807) is 18.2 Å². The number of amides is 1. The molecule has 2 aromatic carbocycles. The van der Waals surface area contributed by atoms with Crippen molar-refractivity contribution in [2.45, 2.75) is 24.0 Å². The van der Waals surface area contributed by atoms with Crippen molar-refractivity contribution in [3.8, 4) is 0 Å². The molecule has 0 radical (unpaired) electrons. The number of aliphatic hydroxyl groups is 1. The Morgan fingerprint density at radius 1 is 1.19 bits per heavy atom. The van der Waals surface area contributed by atoms with Gasteiger partial charge in [0, 0.05) is 0 Å². The molecule has 2 rings (SSSR count). The highest BCUT2D eigenvalue weighted by Crippen LogP contribution is 2.19. The molecular weight excluding hydrogens is 292 g/mol. The molecule has 0 unspecified atom stereocenters. The first-order valence-electron chi connectivity index (χ1n) is 6.30. The number of rotatable bonds is 5. The third-order valence-corrected chi connectivity index (χ3v) is 4.54. The van der Waals surface area contributed by atoms with E-state index < -0.39 is 28.1 Å². The Morgan fingerprint density at radius 3 is 2.38 bits per heavy atom. The molecule has 0 spiro atoms. The number of benzene rings is 2. The molecule has 0 aliphatic carbocycles. The first-order valence-corrected chi connectivity index (χ1v) is 7.78. The molecule has 112 valence electrons. The van der Waals surface area contributed by atoms with Crippen molar-refractivity contribution in [1.82, 2.24) is 4.72 Å². The van der Waals surface area contributed by atoms with Gasteiger partial charge in [-0.15, -0.1) is 0 Å². The fraction of sp³-hybridized carbons (Fsp3) is 0.214. The standard InChI is InChI=1S/C14H16N2O4S/c1-9(17)13(14(15)18)16-21(19,20)12-7-6-10-4-2-3-5-11(10)8-12/h2-9,13,16-17H,1H3,(H2,15,18)/t9-,13+/m1/s1. The summed E-state index contributed by atoms with van der Waals surface area (Å²) in [7, 11) is -3.95. The summed E-state index contributed by atoms with van der Waals surface area (Å²) < 4.78 is 26.7. The smallest absolute Gasteiger partial charge is 0.241 e. The van der Waals surface area contributed by atoms with E-state index in [9.17, 15) is 18.3 Å². The first-order chi connectivity index (χ1) is 9.81. The number of hydrogen-bond acceptors (Lipinski definition) is 4. The number of hydrogen-bond donors (Lipinski definition) is 3. The van der Waals surface area contributed by atoms with Gasteiger partial charge in [-0.05, 0) is 29.8 Å². The van der Waals surface area contributed by atoms with Crippen LogP contribution in [0, 0.1) is 0 Å². The normalized spacial score (nSPS) is 14.8. The fourth-order valence-electron chi connectivity index (χ4n) is 1.96. The maximum absolute atomic E-state index is 12.3. The van der Waals surface area contributed by atoms with Gasteiger partial charge < -0.3 is 10.8 Å². The molecule has 0 saturated carbocycles. The third-order valence-electron chi connectivity index (χ3n) is 3.10. The van der Waals surface area contributed by atoms with Gasteiger partial charge in [-0.1, -0.05) is 30.3 Å². The predicted molar refractivity (Wildman–Crippen MR) is 78.9 cm³/mol. The van der Waals surface area contributed by atoms with E-state index in [0.29, 0.717) is 0 Å². The van der Waals surface area contributed by atoms with Crippen LogP contribution < -0.4 is 10.5 Å². The molecule has 0 heterocycles. The van der Waals surface area contributed by atoms with E-state index in [-0.39, 0.29) is 4.90 Å². The lowest BCUT2D eigenvalue weighted by Gasteiger charge is -2.18. The molecule has 7 heteroatoms. The molecule has 6 nitrogen and oxygen atoms in total. The lowest BCUT2D eigenvalue weighted by atomic mass is 10.1. The summed E-state index contributed by atoms with van der Waals surface area (Å²) in [5, 5.41) is 11.1. The molecule has 2 atom stereocenters. The van der Waals surface area contributed by atoms with Crippen LogP contribution in [0.1, 0.15) is 6.92 Å². The molecule has 0 aliphatic rings. The monoisotopic (exact) mass is 308 g/mol. The highest BCUT2D eigenvalue weighted by molar-refractivity contribution is 7.89. The Labute approximate surface area is 122 Å². The zero-order valence-corrected chi connectivity index (χ0v) is 12.2. The van der Waals surface area contributed by atoms with E-state index in [1.165, 1.54) is 19.1 Å². The number of aliphatic hydroxyl groups excluding tert-OH is 1. The van der Waals surface area contributed by atoms with E-state index in [1.807, 2.05) is 12.1 Å². The van der Waals surface area contributed by atoms with Crippen LogP contribution in [0.5, 0.6) is 0 Å². The summed E-state index contributed by atoms with van der Waals surface area (Å²) >= 11 is 0. The fourth-order valence-corrected chi connectivity index (χ4v) is 3.28. The first kappa shape index (κ1) is 15.4. The van der Waals surface area contributed by atoms with Gasteiger partial charge in [-0.3, -0.25) is 4.79 Å². The number of fused-ring (bicyclic) bond motifs is 1. The average molecular weight is 308 g/mol. The third kappa shape index (κ3) is 3.38. The Kier molecular flexibility index (Phi) is 4.26. The molecule has 0 saturated heterocycles. The van der Waals surface area contributed by atoms with Crippen molar-refractivity contribution in [3.63, 3.8) is 0 Å². The van der Waals surface area contributed by atoms with Crippen LogP contribution in [0.4, 0.5) is 0 Å². The van der Waals surface area contributed by atoms with E-state index in [4.69, 9.17) is 5.73 Å². The van der Waals surface area contributed by atoms with Gasteiger partial charge in [0.1, 0.15) is 6.04 Å². The summed E-state index contributed by atoms with van der Waals surface area (Å²) in [4.78, 5) is 11.2. The molecule has 0 aromatic heterocycles. The van der Waals surface area contributed by atoms with Crippen LogP contribution in [-0.2, 0) is 14.8 Å². The Bertz CT molecular complexity index is 771. The zero-order chi connectivity index (χ0) is 15.6. The molecule has 21 heavy (non-hydrogen) atoms. The summed E-state index contributed by atoms with van der Waals surface area (Å²) in [5.41, 5.74) is 5.09. The Hall–Kier alpha value is -1.96. The van der Waals surface area contributed by atoms with Gasteiger partial charge in [-0.2, -0.15) is 4.72 Å². The topological polar surface area (TPSA) is 109 Å². The van der Waals surface area contributed by atoms with Crippen molar-refractivity contribution in [3.05, 3.63) is 42.5 Å². The number of primary amides is 1. The lowest BCUT2D eigenvalue weighted by Crippen LogP contribution is -2.50. The van der Waals surface area contributed by atoms with Crippen molar-refractivity contribution in [2.75, 3.05) is 0 Å². The molecule has 0 fully saturated rings. The Balaban J connectivity index is 2.39. The van der Waals surface area contributed by atoms with Gasteiger partial charge >= 0.3 is 0 Å². The van der Waals surface area contributed by atoms with Crippen LogP contribution in [0.3, 0.4) is 0 Å². The molecule has 1 amide bonds. The maximum Gasteiger partial charge on any atom is 0.241 e. The molecular formula is C14H16N2O4S. The van der Waals surface area contributed by atoms with E-state index in [0.717, 1.165) is 10.8 Å². The van der Waals surface area contributed by atoms with Crippen molar-refractivity contribution >= 4 is 26.7 Å². The predicted octanol–water partition coefficient (Wildman–Crippen LogP) is 0.353. The van der Waals surface area contributed by atoms with Gasteiger partial charge in [0.15, 0.2) is 0 Å². The number of carbonyl (C=O) groups excluding carboxylic acids is 1. The minimum absolute atomic E-state index is 0.00750. The van der Waals surface area contributed by atoms with Crippen LogP contribution in [0.15, 0.2) is 47.4 Å². The second-order valence-corrected chi connectivity index (χ2v) is 6.46. The second-order valence-electron chi connectivity index (χ2n) is 4.75. The van der Waals surface area contributed by atoms with Gasteiger partial charge in [0.2, 0.25) is 15.9 Å². The minimum Gasteiger partial charge on any atom is -0.391 e. The highest BCUT2D eigenvalue weighted by atomic mass is 32.2. The SMILES string of the molecule is C[C@@H](O)[C@H](NS(=O)(=O)c1ccc2ccccc2c1)C(N)=O. The summed E-state index contributed by atoms with van der Waals surface area (Å²) in [6.07, 6.45) is -1.22. The highest BCUT2D eigenvalue weighted by Gasteiger charge is 2.27. The number of carbonyl (C=O) groups is 1.